The molecule has 2 aromatic rings. The number of ether oxygens (including phenoxy) is 1. The molecule has 0 radical (unpaired) electrons. The average Bonchev–Trinajstić information content (AvgIpc) is 2.48. The molecule has 0 spiro atoms. The lowest BCUT2D eigenvalue weighted by molar-refractivity contribution is 0.407. The van der Waals surface area contributed by atoms with Gasteiger partial charge in [0.05, 0.1) is 13.2 Å². The van der Waals surface area contributed by atoms with Crippen molar-refractivity contribution in [2.24, 2.45) is 0 Å². The maximum absolute atomic E-state index is 13.2. The van der Waals surface area contributed by atoms with Gasteiger partial charge >= 0.3 is 0 Å². The van der Waals surface area contributed by atoms with Crippen molar-refractivity contribution in [3.05, 3.63) is 65.5 Å². The summed E-state index contributed by atoms with van der Waals surface area (Å²) in [7, 11) is 1.60. The van der Waals surface area contributed by atoms with Crippen LogP contribution in [0.5, 0.6) is 5.75 Å². The first kappa shape index (κ1) is 14.0. The quantitative estimate of drug-likeness (QED) is 0.907. The number of benzene rings is 2. The summed E-state index contributed by atoms with van der Waals surface area (Å²) in [5, 5.41) is 12.3. The number of hydrogen-bond donors (Lipinski definition) is 1. The standard InChI is InChI=1S/C16H15FN2O/c1-20-16-8-3-2-5-13(16)11-19-15(10-18)12-6-4-7-14(17)9-12/h2-9,15,19H,11H2,1H3. The van der Waals surface area contributed by atoms with Gasteiger partial charge in [-0.05, 0) is 23.8 Å². The third-order valence-electron chi connectivity index (χ3n) is 3.00. The fourth-order valence-electron chi connectivity index (χ4n) is 1.99. The van der Waals surface area contributed by atoms with E-state index in [0.29, 0.717) is 12.1 Å². The van der Waals surface area contributed by atoms with Crippen LogP contribution in [-0.4, -0.2) is 7.11 Å². The van der Waals surface area contributed by atoms with Gasteiger partial charge in [0.2, 0.25) is 0 Å². The molecule has 3 nitrogen and oxygen atoms in total. The van der Waals surface area contributed by atoms with E-state index in [4.69, 9.17) is 4.74 Å². The first-order valence-electron chi connectivity index (χ1n) is 6.25. The smallest absolute Gasteiger partial charge is 0.123 e. The molecule has 2 aromatic carbocycles. The van der Waals surface area contributed by atoms with Gasteiger partial charge in [-0.2, -0.15) is 5.26 Å². The molecule has 0 aliphatic rings. The van der Waals surface area contributed by atoms with Gasteiger partial charge in [0.1, 0.15) is 17.6 Å². The molecule has 0 saturated carbocycles. The number of hydrogen-bond acceptors (Lipinski definition) is 3. The summed E-state index contributed by atoms with van der Waals surface area (Å²) in [5.41, 5.74) is 1.56. The molecular formula is C16H15FN2O. The molecule has 0 saturated heterocycles. The van der Waals surface area contributed by atoms with Crippen LogP contribution in [0.4, 0.5) is 4.39 Å². The van der Waals surface area contributed by atoms with Crippen molar-refractivity contribution in [1.29, 1.82) is 5.26 Å². The summed E-state index contributed by atoms with van der Waals surface area (Å²) in [6, 6.07) is 15.2. The summed E-state index contributed by atoms with van der Waals surface area (Å²) in [6.07, 6.45) is 0. The largest absolute Gasteiger partial charge is 0.496 e. The third kappa shape index (κ3) is 3.34. The maximum atomic E-state index is 13.2. The van der Waals surface area contributed by atoms with E-state index < -0.39 is 6.04 Å². The van der Waals surface area contributed by atoms with E-state index in [1.165, 1.54) is 12.1 Å². The second kappa shape index (κ2) is 6.69. The Hall–Kier alpha value is -2.38. The molecule has 20 heavy (non-hydrogen) atoms. The van der Waals surface area contributed by atoms with Gasteiger partial charge in [-0.15, -0.1) is 0 Å². The van der Waals surface area contributed by atoms with Crippen molar-refractivity contribution < 1.29 is 9.13 Å². The van der Waals surface area contributed by atoms with Gasteiger partial charge in [0.25, 0.3) is 0 Å². The van der Waals surface area contributed by atoms with E-state index in [1.807, 2.05) is 24.3 Å². The number of nitrogens with zero attached hydrogens (tertiary/aromatic N) is 1. The lowest BCUT2D eigenvalue weighted by Crippen LogP contribution is -2.19. The molecule has 1 N–H and O–H groups in total. The number of methoxy groups -OCH3 is 1. The zero-order valence-corrected chi connectivity index (χ0v) is 11.1. The third-order valence-corrected chi connectivity index (χ3v) is 3.00. The first-order valence-corrected chi connectivity index (χ1v) is 6.25. The molecule has 2 rings (SSSR count). The highest BCUT2D eigenvalue weighted by molar-refractivity contribution is 5.33. The molecule has 1 unspecified atom stereocenters. The minimum Gasteiger partial charge on any atom is -0.496 e. The van der Waals surface area contributed by atoms with Crippen LogP contribution in [0.15, 0.2) is 48.5 Å². The van der Waals surface area contributed by atoms with E-state index in [1.54, 1.807) is 19.2 Å². The highest BCUT2D eigenvalue weighted by atomic mass is 19.1. The zero-order chi connectivity index (χ0) is 14.4. The highest BCUT2D eigenvalue weighted by Crippen LogP contribution is 2.19. The number of nitrogens with one attached hydrogen (secondary N) is 1. The van der Waals surface area contributed by atoms with E-state index >= 15 is 0 Å². The normalized spacial score (nSPS) is 11.7. The van der Waals surface area contributed by atoms with E-state index in [-0.39, 0.29) is 5.82 Å². The molecule has 0 heterocycles. The fraction of sp³-hybridized carbons (Fsp3) is 0.188. The predicted molar refractivity (Wildman–Crippen MR) is 74.6 cm³/mol. The van der Waals surface area contributed by atoms with Crippen molar-refractivity contribution in [2.75, 3.05) is 7.11 Å². The Bertz CT molecular complexity index is 622. The highest BCUT2D eigenvalue weighted by Gasteiger charge is 2.11. The number of halogens is 1. The number of nitriles is 1. The molecule has 1 atom stereocenters. The van der Waals surface area contributed by atoms with Gasteiger partial charge < -0.3 is 4.74 Å². The van der Waals surface area contributed by atoms with E-state index in [9.17, 15) is 9.65 Å². The monoisotopic (exact) mass is 270 g/mol. The molecule has 0 aliphatic carbocycles. The van der Waals surface area contributed by atoms with E-state index in [2.05, 4.69) is 11.4 Å². The maximum Gasteiger partial charge on any atom is 0.123 e. The Balaban J connectivity index is 2.10. The zero-order valence-electron chi connectivity index (χ0n) is 11.1. The molecule has 0 fully saturated rings. The van der Waals surface area contributed by atoms with Crippen LogP contribution in [0.3, 0.4) is 0 Å². The minimum absolute atomic E-state index is 0.346. The van der Waals surface area contributed by atoms with Crippen molar-refractivity contribution in [3.8, 4) is 11.8 Å². The second-order valence-electron chi connectivity index (χ2n) is 4.31. The summed E-state index contributed by atoms with van der Waals surface area (Å²) in [4.78, 5) is 0. The Morgan fingerprint density at radius 1 is 1.25 bits per heavy atom. The predicted octanol–water partition coefficient (Wildman–Crippen LogP) is 3.19. The Kier molecular flexibility index (Phi) is 4.70. The van der Waals surface area contributed by atoms with Gasteiger partial charge in [-0.1, -0.05) is 30.3 Å². The van der Waals surface area contributed by atoms with Crippen LogP contribution >= 0.6 is 0 Å². The van der Waals surface area contributed by atoms with Crippen LogP contribution < -0.4 is 10.1 Å². The van der Waals surface area contributed by atoms with Gasteiger partial charge in [-0.3, -0.25) is 5.32 Å². The van der Waals surface area contributed by atoms with Crippen LogP contribution in [0.2, 0.25) is 0 Å². The summed E-state index contributed by atoms with van der Waals surface area (Å²) < 4.78 is 18.4. The number of para-hydroxylation sites is 1. The van der Waals surface area contributed by atoms with E-state index in [0.717, 1.165) is 11.3 Å². The van der Waals surface area contributed by atoms with Crippen LogP contribution in [0.1, 0.15) is 17.2 Å². The van der Waals surface area contributed by atoms with Crippen molar-refractivity contribution in [1.82, 2.24) is 5.32 Å². The molecule has 102 valence electrons. The van der Waals surface area contributed by atoms with Crippen molar-refractivity contribution in [2.45, 2.75) is 12.6 Å². The fourth-order valence-corrected chi connectivity index (χ4v) is 1.99. The number of rotatable bonds is 5. The van der Waals surface area contributed by atoms with Crippen molar-refractivity contribution >= 4 is 0 Å². The van der Waals surface area contributed by atoms with Crippen LogP contribution in [0, 0.1) is 17.1 Å². The molecule has 0 aromatic heterocycles. The molecule has 0 amide bonds. The second-order valence-corrected chi connectivity index (χ2v) is 4.31. The topological polar surface area (TPSA) is 45.0 Å². The first-order chi connectivity index (χ1) is 9.74. The Labute approximate surface area is 117 Å². The van der Waals surface area contributed by atoms with Crippen LogP contribution in [-0.2, 0) is 6.54 Å². The summed E-state index contributed by atoms with van der Waals surface area (Å²) in [5.74, 6) is 0.415. The lowest BCUT2D eigenvalue weighted by Gasteiger charge is -2.14. The lowest BCUT2D eigenvalue weighted by atomic mass is 10.1. The van der Waals surface area contributed by atoms with Gasteiger partial charge in [0, 0.05) is 12.1 Å². The Morgan fingerprint density at radius 3 is 2.75 bits per heavy atom. The molecule has 4 heteroatoms. The molecule has 0 bridgehead atoms. The Morgan fingerprint density at radius 2 is 2.05 bits per heavy atom. The van der Waals surface area contributed by atoms with Gasteiger partial charge in [-0.25, -0.2) is 4.39 Å². The SMILES string of the molecule is COc1ccccc1CNC(C#N)c1cccc(F)c1. The van der Waals surface area contributed by atoms with Crippen LogP contribution in [0.25, 0.3) is 0 Å². The molecular weight excluding hydrogens is 255 g/mol. The summed E-state index contributed by atoms with van der Waals surface area (Å²) in [6.45, 7) is 0.471. The van der Waals surface area contributed by atoms with Crippen molar-refractivity contribution in [3.63, 3.8) is 0 Å². The minimum atomic E-state index is -0.560. The average molecular weight is 270 g/mol. The molecule has 0 aliphatic heterocycles. The van der Waals surface area contributed by atoms with Gasteiger partial charge in [0.15, 0.2) is 0 Å². The summed E-state index contributed by atoms with van der Waals surface area (Å²) >= 11 is 0.